The van der Waals surface area contributed by atoms with Crippen molar-refractivity contribution in [3.05, 3.63) is 34.8 Å². The van der Waals surface area contributed by atoms with E-state index in [1.807, 2.05) is 6.08 Å². The van der Waals surface area contributed by atoms with E-state index in [0.717, 1.165) is 18.4 Å². The topological polar surface area (TPSA) is 88.0 Å². The van der Waals surface area contributed by atoms with Gasteiger partial charge in [0.2, 0.25) is 0 Å². The Morgan fingerprint density at radius 2 is 2.15 bits per heavy atom. The van der Waals surface area contributed by atoms with Gasteiger partial charge in [-0.05, 0) is 30.9 Å². The second kappa shape index (κ2) is 6.00. The van der Waals surface area contributed by atoms with Gasteiger partial charge in [-0.2, -0.15) is 0 Å². The molecule has 0 aliphatic heterocycles. The lowest BCUT2D eigenvalue weighted by Crippen LogP contribution is -2.32. The average molecular weight is 281 g/mol. The predicted molar refractivity (Wildman–Crippen MR) is 72.4 cm³/mol. The van der Waals surface area contributed by atoms with Gasteiger partial charge >= 0.3 is 6.09 Å². The molecule has 110 valence electrons. The second-order valence-corrected chi connectivity index (χ2v) is 4.79. The minimum atomic E-state index is -1.07. The van der Waals surface area contributed by atoms with Gasteiger partial charge < -0.3 is 25.0 Å². The second-order valence-electron chi connectivity index (χ2n) is 4.79. The van der Waals surface area contributed by atoms with Crippen molar-refractivity contribution in [2.45, 2.75) is 31.4 Å². The van der Waals surface area contributed by atoms with Crippen LogP contribution in [0.3, 0.4) is 0 Å². The smallest absolute Gasteiger partial charge is 0.405 e. The van der Waals surface area contributed by atoms with E-state index in [1.165, 1.54) is 7.11 Å². The zero-order valence-corrected chi connectivity index (χ0v) is 11.5. The summed E-state index contributed by atoms with van der Waals surface area (Å²) in [5.74, 6) is 0.370. The largest absolute Gasteiger partial charge is 0.504 e. The van der Waals surface area contributed by atoms with Gasteiger partial charge in [-0.3, -0.25) is 0 Å². The molecule has 0 radical (unpaired) electrons. The van der Waals surface area contributed by atoms with Crippen molar-refractivity contribution in [1.82, 2.24) is 5.32 Å². The number of ether oxygens (including phenoxy) is 2. The summed E-state index contributed by atoms with van der Waals surface area (Å²) in [6.07, 6.45) is 4.48. The van der Waals surface area contributed by atoms with Crippen LogP contribution in [0.5, 0.6) is 0 Å². The number of carboxylic acid groups (broad SMARTS) is 1. The van der Waals surface area contributed by atoms with E-state index in [4.69, 9.17) is 14.6 Å². The Morgan fingerprint density at radius 1 is 1.40 bits per heavy atom. The maximum atomic E-state index is 10.8. The van der Waals surface area contributed by atoms with Gasteiger partial charge in [-0.15, -0.1) is 0 Å². The molecular weight excluding hydrogens is 262 g/mol. The molecule has 2 aliphatic carbocycles. The normalized spacial score (nSPS) is 26.1. The molecule has 6 heteroatoms. The summed E-state index contributed by atoms with van der Waals surface area (Å²) in [4.78, 5) is 10.8. The molecule has 0 saturated heterocycles. The molecular formula is C14H19NO5. The molecule has 6 nitrogen and oxygen atoms in total. The summed E-state index contributed by atoms with van der Waals surface area (Å²) in [5.41, 5.74) is 1.59. The monoisotopic (exact) mass is 281 g/mol. The Kier molecular flexibility index (Phi) is 4.34. The van der Waals surface area contributed by atoms with Gasteiger partial charge in [-0.25, -0.2) is 4.79 Å². The molecule has 2 aliphatic rings. The first-order chi connectivity index (χ1) is 9.56. The number of aliphatic hydroxyl groups excluding tert-OH is 1. The molecule has 0 aromatic carbocycles. The van der Waals surface area contributed by atoms with Crippen LogP contribution in [0.2, 0.25) is 0 Å². The molecule has 0 saturated carbocycles. The number of hydrogen-bond donors (Lipinski definition) is 3. The van der Waals surface area contributed by atoms with Crippen molar-refractivity contribution in [1.29, 1.82) is 0 Å². The molecule has 0 fully saturated rings. The highest BCUT2D eigenvalue weighted by Crippen LogP contribution is 2.35. The standard InChI is InChI=1S/C14H19NO5/c1-19-11-6-8-4-3-5-9(15-14(17)18)7-10(8)12(16)13(11)20-2/h6-7,9,11,15-16H,3-5H2,1-2H3,(H,17,18). The lowest BCUT2D eigenvalue weighted by atomic mass is 9.92. The number of rotatable bonds is 3. The highest BCUT2D eigenvalue weighted by molar-refractivity contribution is 5.65. The molecule has 0 spiro atoms. The van der Waals surface area contributed by atoms with E-state index < -0.39 is 12.2 Å². The summed E-state index contributed by atoms with van der Waals surface area (Å²) in [6.45, 7) is 0. The highest BCUT2D eigenvalue weighted by Gasteiger charge is 2.30. The molecule has 3 N–H and O–H groups in total. The molecule has 2 atom stereocenters. The first-order valence-corrected chi connectivity index (χ1v) is 6.49. The van der Waals surface area contributed by atoms with Crippen molar-refractivity contribution in [3.8, 4) is 0 Å². The maximum absolute atomic E-state index is 10.8. The van der Waals surface area contributed by atoms with Crippen molar-refractivity contribution < 1.29 is 24.5 Å². The third-order valence-corrected chi connectivity index (χ3v) is 3.56. The van der Waals surface area contributed by atoms with Crippen LogP contribution < -0.4 is 5.32 Å². The van der Waals surface area contributed by atoms with Gasteiger partial charge in [0.25, 0.3) is 0 Å². The molecule has 20 heavy (non-hydrogen) atoms. The van der Waals surface area contributed by atoms with Crippen molar-refractivity contribution >= 4 is 6.09 Å². The summed E-state index contributed by atoms with van der Waals surface area (Å²) < 4.78 is 10.5. The third-order valence-electron chi connectivity index (χ3n) is 3.56. The van der Waals surface area contributed by atoms with Crippen molar-refractivity contribution in [3.63, 3.8) is 0 Å². The quantitative estimate of drug-likeness (QED) is 0.737. The Hall–Kier alpha value is -1.95. The van der Waals surface area contributed by atoms with Crippen LogP contribution in [0, 0.1) is 0 Å². The number of aliphatic hydroxyl groups is 1. The van der Waals surface area contributed by atoms with E-state index in [1.54, 1.807) is 13.2 Å². The predicted octanol–water partition coefficient (Wildman–Crippen LogP) is 2.10. The van der Waals surface area contributed by atoms with Crippen LogP contribution in [0.25, 0.3) is 0 Å². The van der Waals surface area contributed by atoms with Gasteiger partial charge in [0.1, 0.15) is 6.10 Å². The Bertz CT molecular complexity index is 492. The zero-order valence-electron chi connectivity index (χ0n) is 11.5. The molecule has 2 unspecified atom stereocenters. The summed E-state index contributed by atoms with van der Waals surface area (Å²) in [5, 5.41) is 21.6. The lowest BCUT2D eigenvalue weighted by Gasteiger charge is -2.24. The van der Waals surface area contributed by atoms with Crippen molar-refractivity contribution in [2.24, 2.45) is 0 Å². The number of carbonyl (C=O) groups is 1. The van der Waals surface area contributed by atoms with E-state index >= 15 is 0 Å². The Balaban J connectivity index is 2.38. The van der Waals surface area contributed by atoms with E-state index in [9.17, 15) is 9.90 Å². The zero-order chi connectivity index (χ0) is 14.7. The van der Waals surface area contributed by atoms with Crippen molar-refractivity contribution in [2.75, 3.05) is 14.2 Å². The summed E-state index contributed by atoms with van der Waals surface area (Å²) >= 11 is 0. The minimum Gasteiger partial charge on any atom is -0.504 e. The fraction of sp³-hybridized carbons (Fsp3) is 0.500. The van der Waals surface area contributed by atoms with Crippen LogP contribution in [0.4, 0.5) is 4.79 Å². The lowest BCUT2D eigenvalue weighted by molar-refractivity contribution is 0.0977. The molecule has 0 bridgehead atoms. The van der Waals surface area contributed by atoms with Gasteiger partial charge in [0.05, 0.1) is 13.2 Å². The van der Waals surface area contributed by atoms with Crippen LogP contribution in [-0.4, -0.2) is 42.7 Å². The first kappa shape index (κ1) is 14.5. The van der Waals surface area contributed by atoms with E-state index in [0.29, 0.717) is 17.8 Å². The van der Waals surface area contributed by atoms with Gasteiger partial charge in [-0.1, -0.05) is 6.08 Å². The summed E-state index contributed by atoms with van der Waals surface area (Å²) in [6, 6.07) is -0.312. The SMILES string of the molecule is COC1=C(O)C2=CC(NC(=O)O)CCCC2=CC1OC. The van der Waals surface area contributed by atoms with Crippen LogP contribution in [0.15, 0.2) is 34.8 Å². The number of nitrogens with one attached hydrogen (secondary N) is 1. The van der Waals surface area contributed by atoms with E-state index in [-0.39, 0.29) is 11.8 Å². The van der Waals surface area contributed by atoms with Crippen LogP contribution in [-0.2, 0) is 9.47 Å². The Labute approximate surface area is 117 Å². The molecule has 0 heterocycles. The number of amides is 1. The minimum absolute atomic E-state index is 0.0240. The molecule has 0 aromatic heterocycles. The number of hydrogen-bond acceptors (Lipinski definition) is 4. The number of methoxy groups -OCH3 is 2. The van der Waals surface area contributed by atoms with E-state index in [2.05, 4.69) is 5.32 Å². The highest BCUT2D eigenvalue weighted by atomic mass is 16.5. The average Bonchev–Trinajstić information content (AvgIpc) is 2.60. The third kappa shape index (κ3) is 2.80. The fourth-order valence-corrected chi connectivity index (χ4v) is 2.63. The van der Waals surface area contributed by atoms with Gasteiger partial charge in [0.15, 0.2) is 11.5 Å². The number of fused-ring (bicyclic) bond motifs is 1. The molecule has 2 rings (SSSR count). The summed E-state index contributed by atoms with van der Waals surface area (Å²) in [7, 11) is 3.02. The Morgan fingerprint density at radius 3 is 2.75 bits per heavy atom. The van der Waals surface area contributed by atoms with Gasteiger partial charge in [0, 0.05) is 12.7 Å². The van der Waals surface area contributed by atoms with Crippen LogP contribution in [0.1, 0.15) is 19.3 Å². The maximum Gasteiger partial charge on any atom is 0.405 e. The molecule has 1 amide bonds. The molecule has 0 aromatic rings. The first-order valence-electron chi connectivity index (χ1n) is 6.49. The number of allylic oxidation sites excluding steroid dienone is 1. The van der Waals surface area contributed by atoms with Crippen LogP contribution >= 0.6 is 0 Å². The fourth-order valence-electron chi connectivity index (χ4n) is 2.63.